The zero-order valence-corrected chi connectivity index (χ0v) is 21.8. The van der Waals surface area contributed by atoms with Gasteiger partial charge in [-0.05, 0) is 60.7 Å². The quantitative estimate of drug-likeness (QED) is 0.272. The van der Waals surface area contributed by atoms with Crippen molar-refractivity contribution in [1.82, 2.24) is 4.90 Å². The standard InChI is InChI=1S/C32H36N2O3/c1-24-19-32(37-18-17-36-2)28(22-34-16-7-6-12-29(34)23-35)20-27(24)15-14-26-11-8-13-30(31(26)21-33)25-9-4-3-5-10-25/h3-5,8-11,13-15,19-20,29,35H,6-7,12,16-18,22-23H2,1-2H3/b15-14+/t29-/m0/s1. The number of nitriles is 1. The SMILES string of the molecule is COCCOc1cc(C)c(/C=C/c2cccc(-c3ccccc3)c2C#N)cc1CN1CCCC[C@H]1CO. The van der Waals surface area contributed by atoms with Crippen LogP contribution in [-0.2, 0) is 11.3 Å². The van der Waals surface area contributed by atoms with Gasteiger partial charge in [-0.1, -0.05) is 67.1 Å². The molecule has 0 aliphatic carbocycles. The minimum absolute atomic E-state index is 0.174. The Kier molecular flexibility index (Phi) is 9.51. The smallest absolute Gasteiger partial charge is 0.124 e. The lowest BCUT2D eigenvalue weighted by atomic mass is 9.95. The van der Waals surface area contributed by atoms with Gasteiger partial charge < -0.3 is 14.6 Å². The van der Waals surface area contributed by atoms with Crippen LogP contribution in [0.3, 0.4) is 0 Å². The van der Waals surface area contributed by atoms with Crippen LogP contribution in [0.5, 0.6) is 5.75 Å². The van der Waals surface area contributed by atoms with Crippen molar-refractivity contribution >= 4 is 12.2 Å². The highest BCUT2D eigenvalue weighted by atomic mass is 16.5. The van der Waals surface area contributed by atoms with Gasteiger partial charge >= 0.3 is 0 Å². The van der Waals surface area contributed by atoms with E-state index in [0.29, 0.717) is 18.8 Å². The van der Waals surface area contributed by atoms with Gasteiger partial charge in [-0.15, -0.1) is 0 Å². The molecule has 4 rings (SSSR count). The maximum absolute atomic E-state index is 9.99. The molecular formula is C32H36N2O3. The summed E-state index contributed by atoms with van der Waals surface area (Å²) in [5.74, 6) is 0.859. The van der Waals surface area contributed by atoms with Crippen LogP contribution < -0.4 is 4.74 Å². The van der Waals surface area contributed by atoms with Crippen LogP contribution in [0.1, 0.15) is 47.1 Å². The fourth-order valence-electron chi connectivity index (χ4n) is 4.98. The summed E-state index contributed by atoms with van der Waals surface area (Å²) in [6.45, 7) is 4.96. The summed E-state index contributed by atoms with van der Waals surface area (Å²) in [7, 11) is 1.67. The number of benzene rings is 3. The number of nitrogens with zero attached hydrogens (tertiary/aromatic N) is 2. The fourth-order valence-corrected chi connectivity index (χ4v) is 4.98. The second-order valence-corrected chi connectivity index (χ2v) is 9.54. The number of aliphatic hydroxyl groups excluding tert-OH is 1. The number of hydrogen-bond acceptors (Lipinski definition) is 5. The van der Waals surface area contributed by atoms with E-state index in [4.69, 9.17) is 9.47 Å². The molecule has 3 aromatic rings. The van der Waals surface area contributed by atoms with Gasteiger partial charge in [0.1, 0.15) is 18.4 Å². The van der Waals surface area contributed by atoms with Gasteiger partial charge in [0.25, 0.3) is 0 Å². The average molecular weight is 497 g/mol. The number of aryl methyl sites for hydroxylation is 1. The Morgan fingerprint density at radius 1 is 1.03 bits per heavy atom. The molecule has 192 valence electrons. The van der Waals surface area contributed by atoms with Gasteiger partial charge in [-0.25, -0.2) is 0 Å². The van der Waals surface area contributed by atoms with Crippen molar-refractivity contribution < 1.29 is 14.6 Å². The number of rotatable bonds is 10. The second-order valence-electron chi connectivity index (χ2n) is 9.54. The van der Waals surface area contributed by atoms with E-state index in [-0.39, 0.29) is 12.6 Å². The van der Waals surface area contributed by atoms with Crippen LogP contribution >= 0.6 is 0 Å². The van der Waals surface area contributed by atoms with E-state index in [2.05, 4.69) is 36.1 Å². The van der Waals surface area contributed by atoms with Crippen molar-refractivity contribution in [3.05, 3.63) is 88.5 Å². The molecule has 3 aromatic carbocycles. The van der Waals surface area contributed by atoms with Crippen LogP contribution in [-0.4, -0.2) is 49.5 Å². The highest BCUT2D eigenvalue weighted by Crippen LogP contribution is 2.30. The summed E-state index contributed by atoms with van der Waals surface area (Å²) in [4.78, 5) is 2.36. The van der Waals surface area contributed by atoms with Gasteiger partial charge in [-0.3, -0.25) is 4.90 Å². The minimum Gasteiger partial charge on any atom is -0.491 e. The van der Waals surface area contributed by atoms with Crippen LogP contribution in [0.4, 0.5) is 0 Å². The Morgan fingerprint density at radius 2 is 1.84 bits per heavy atom. The zero-order chi connectivity index (χ0) is 26.0. The summed E-state index contributed by atoms with van der Waals surface area (Å²) in [6, 6.07) is 22.9. The van der Waals surface area contributed by atoms with E-state index in [0.717, 1.165) is 71.5 Å². The lowest BCUT2D eigenvalue weighted by Gasteiger charge is -2.35. The van der Waals surface area contributed by atoms with Crippen LogP contribution in [0.25, 0.3) is 23.3 Å². The highest BCUT2D eigenvalue weighted by Gasteiger charge is 2.23. The highest BCUT2D eigenvalue weighted by molar-refractivity contribution is 5.81. The van der Waals surface area contributed by atoms with E-state index in [1.54, 1.807) is 7.11 Å². The first-order valence-corrected chi connectivity index (χ1v) is 13.0. The molecule has 1 heterocycles. The molecular weight excluding hydrogens is 460 g/mol. The lowest BCUT2D eigenvalue weighted by molar-refractivity contribution is 0.0826. The number of methoxy groups -OCH3 is 1. The first-order chi connectivity index (χ1) is 18.1. The Hall–Kier alpha value is -3.43. The molecule has 0 saturated carbocycles. The predicted octanol–water partition coefficient (Wildman–Crippen LogP) is 6.08. The minimum atomic E-state index is 0.174. The summed E-state index contributed by atoms with van der Waals surface area (Å²) in [5.41, 5.74) is 6.81. The van der Waals surface area contributed by atoms with E-state index in [1.807, 2.05) is 54.6 Å². The van der Waals surface area contributed by atoms with Crippen LogP contribution in [0.15, 0.2) is 60.7 Å². The molecule has 1 aliphatic rings. The molecule has 1 fully saturated rings. The Labute approximate surface area is 220 Å². The zero-order valence-electron chi connectivity index (χ0n) is 21.8. The summed E-state index contributed by atoms with van der Waals surface area (Å²) in [5, 5.41) is 19.9. The molecule has 0 amide bonds. The lowest BCUT2D eigenvalue weighted by Crippen LogP contribution is -2.41. The number of piperidine rings is 1. The molecule has 0 radical (unpaired) electrons. The number of hydrogen-bond donors (Lipinski definition) is 1. The first-order valence-electron chi connectivity index (χ1n) is 13.0. The monoisotopic (exact) mass is 496 g/mol. The summed E-state index contributed by atoms with van der Waals surface area (Å²) in [6.07, 6.45) is 7.43. The molecule has 1 aliphatic heterocycles. The van der Waals surface area contributed by atoms with Crippen molar-refractivity contribution in [2.24, 2.45) is 0 Å². The average Bonchev–Trinajstić information content (AvgIpc) is 2.94. The molecule has 1 atom stereocenters. The van der Waals surface area contributed by atoms with Gasteiger partial charge in [0, 0.05) is 30.8 Å². The normalized spacial score (nSPS) is 16.1. The third kappa shape index (κ3) is 6.67. The molecule has 1 N–H and O–H groups in total. The molecule has 1 saturated heterocycles. The third-order valence-corrected chi connectivity index (χ3v) is 7.06. The fraction of sp³-hybridized carbons (Fsp3) is 0.344. The molecule has 0 aromatic heterocycles. The second kappa shape index (κ2) is 13.2. The summed E-state index contributed by atoms with van der Waals surface area (Å²) < 4.78 is 11.3. The van der Waals surface area contributed by atoms with E-state index in [1.165, 1.54) is 0 Å². The number of likely N-dealkylation sites (tertiary alicyclic amines) is 1. The molecule has 0 unspecified atom stereocenters. The van der Waals surface area contributed by atoms with Gasteiger partial charge in [0.05, 0.1) is 18.8 Å². The molecule has 0 spiro atoms. The Balaban J connectivity index is 1.66. The van der Waals surface area contributed by atoms with Crippen LogP contribution in [0, 0.1) is 18.3 Å². The number of ether oxygens (including phenoxy) is 2. The summed E-state index contributed by atoms with van der Waals surface area (Å²) >= 11 is 0. The Morgan fingerprint density at radius 3 is 2.59 bits per heavy atom. The molecule has 5 heteroatoms. The first kappa shape index (κ1) is 26.6. The largest absolute Gasteiger partial charge is 0.491 e. The van der Waals surface area contributed by atoms with Gasteiger partial charge in [-0.2, -0.15) is 5.26 Å². The van der Waals surface area contributed by atoms with Crippen molar-refractivity contribution in [2.75, 3.05) is 33.5 Å². The van der Waals surface area contributed by atoms with E-state index >= 15 is 0 Å². The maximum Gasteiger partial charge on any atom is 0.124 e. The van der Waals surface area contributed by atoms with Gasteiger partial charge in [0.2, 0.25) is 0 Å². The van der Waals surface area contributed by atoms with Crippen molar-refractivity contribution in [3.63, 3.8) is 0 Å². The number of aliphatic hydroxyl groups is 1. The molecule has 37 heavy (non-hydrogen) atoms. The van der Waals surface area contributed by atoms with Crippen LogP contribution in [0.2, 0.25) is 0 Å². The van der Waals surface area contributed by atoms with Crippen molar-refractivity contribution in [1.29, 1.82) is 5.26 Å². The van der Waals surface area contributed by atoms with Crippen molar-refractivity contribution in [2.45, 2.75) is 38.8 Å². The topological polar surface area (TPSA) is 65.7 Å². The maximum atomic E-state index is 9.99. The molecule has 0 bridgehead atoms. The third-order valence-electron chi connectivity index (χ3n) is 7.06. The van der Waals surface area contributed by atoms with E-state index < -0.39 is 0 Å². The predicted molar refractivity (Wildman–Crippen MR) is 149 cm³/mol. The molecule has 5 nitrogen and oxygen atoms in total. The van der Waals surface area contributed by atoms with Crippen molar-refractivity contribution in [3.8, 4) is 22.9 Å². The van der Waals surface area contributed by atoms with Gasteiger partial charge in [0.15, 0.2) is 0 Å². The van der Waals surface area contributed by atoms with E-state index in [9.17, 15) is 10.4 Å². The Bertz CT molecular complexity index is 1250.